The van der Waals surface area contributed by atoms with Crippen LogP contribution in [0.5, 0.6) is 0 Å². The molecular weight excluding hydrogens is 280 g/mol. The Morgan fingerprint density at radius 2 is 2.14 bits per heavy atom. The number of methoxy groups -OCH3 is 1. The summed E-state index contributed by atoms with van der Waals surface area (Å²) in [4.78, 5) is 16.8. The van der Waals surface area contributed by atoms with Crippen LogP contribution in [0.2, 0.25) is 0 Å². The molecule has 0 saturated heterocycles. The van der Waals surface area contributed by atoms with Crippen LogP contribution in [0.1, 0.15) is 47.5 Å². The molecule has 1 amide bonds. The predicted molar refractivity (Wildman–Crippen MR) is 81.6 cm³/mol. The largest absolute Gasteiger partial charge is 0.438 e. The molecule has 5 nitrogen and oxygen atoms in total. The van der Waals surface area contributed by atoms with E-state index in [4.69, 9.17) is 9.15 Å². The Balaban J connectivity index is 1.84. The zero-order valence-electron chi connectivity index (χ0n) is 12.8. The topological polar surface area (TPSA) is 64.4 Å². The fourth-order valence-electron chi connectivity index (χ4n) is 2.67. The van der Waals surface area contributed by atoms with Gasteiger partial charge in [0.25, 0.3) is 5.91 Å². The smallest absolute Gasteiger partial charge is 0.289 e. The number of nitrogens with zero attached hydrogens (tertiary/aromatic N) is 1. The summed E-state index contributed by atoms with van der Waals surface area (Å²) >= 11 is 0. The molecule has 5 heteroatoms. The fourth-order valence-corrected chi connectivity index (χ4v) is 2.67. The standard InChI is InChI=1S/C17H20N2O3/c1-17(10-21-2,13-6-4-3-5-7-13)19-16(20)15-14(12-8-9-12)18-11-22-15/h3-7,11-12H,8-10H2,1-2H3,(H,19,20). The van der Waals surface area contributed by atoms with E-state index in [9.17, 15) is 4.79 Å². The quantitative estimate of drug-likeness (QED) is 0.891. The third-order valence-corrected chi connectivity index (χ3v) is 4.00. The maximum absolute atomic E-state index is 12.6. The van der Waals surface area contributed by atoms with Gasteiger partial charge in [0.2, 0.25) is 5.76 Å². The van der Waals surface area contributed by atoms with Crippen molar-refractivity contribution in [3.8, 4) is 0 Å². The third kappa shape index (κ3) is 2.90. The first-order valence-electron chi connectivity index (χ1n) is 7.44. The number of nitrogens with one attached hydrogen (secondary N) is 1. The molecule has 22 heavy (non-hydrogen) atoms. The van der Waals surface area contributed by atoms with Gasteiger partial charge in [-0.1, -0.05) is 30.3 Å². The zero-order valence-corrected chi connectivity index (χ0v) is 12.8. The molecule has 1 aromatic carbocycles. The fraction of sp³-hybridized carbons (Fsp3) is 0.412. The maximum Gasteiger partial charge on any atom is 0.289 e. The summed E-state index contributed by atoms with van der Waals surface area (Å²) in [7, 11) is 1.62. The molecule has 1 unspecified atom stereocenters. The predicted octanol–water partition coefficient (Wildman–Crippen LogP) is 2.84. The van der Waals surface area contributed by atoms with Crippen molar-refractivity contribution in [2.45, 2.75) is 31.2 Å². The summed E-state index contributed by atoms with van der Waals surface area (Å²) in [6.45, 7) is 2.31. The van der Waals surface area contributed by atoms with Gasteiger partial charge in [0.1, 0.15) is 0 Å². The summed E-state index contributed by atoms with van der Waals surface area (Å²) in [5.41, 5.74) is 1.13. The number of rotatable bonds is 6. The second kappa shape index (κ2) is 5.93. The molecule has 1 aliphatic rings. The van der Waals surface area contributed by atoms with Gasteiger partial charge in [0, 0.05) is 13.0 Å². The van der Waals surface area contributed by atoms with E-state index < -0.39 is 5.54 Å². The lowest BCUT2D eigenvalue weighted by molar-refractivity contribution is 0.0759. The summed E-state index contributed by atoms with van der Waals surface area (Å²) in [6, 6.07) is 9.78. The van der Waals surface area contributed by atoms with Crippen molar-refractivity contribution in [2.24, 2.45) is 0 Å². The lowest BCUT2D eigenvalue weighted by atomic mass is 9.92. The van der Waals surface area contributed by atoms with Crippen molar-refractivity contribution in [1.82, 2.24) is 10.3 Å². The normalized spacial score (nSPS) is 17.0. The van der Waals surface area contributed by atoms with Crippen LogP contribution < -0.4 is 5.32 Å². The first-order chi connectivity index (χ1) is 10.6. The molecule has 1 saturated carbocycles. The van der Waals surface area contributed by atoms with Gasteiger partial charge in [-0.2, -0.15) is 0 Å². The summed E-state index contributed by atoms with van der Waals surface area (Å²) in [5, 5.41) is 3.04. The highest BCUT2D eigenvalue weighted by Crippen LogP contribution is 2.40. The number of ether oxygens (including phenoxy) is 1. The Hall–Kier alpha value is -2.14. The molecule has 3 rings (SSSR count). The molecule has 1 heterocycles. The minimum Gasteiger partial charge on any atom is -0.438 e. The van der Waals surface area contributed by atoms with Crippen LogP contribution in [0.3, 0.4) is 0 Å². The molecule has 0 spiro atoms. The summed E-state index contributed by atoms with van der Waals surface area (Å²) < 4.78 is 10.6. The van der Waals surface area contributed by atoms with E-state index in [0.29, 0.717) is 18.3 Å². The number of amides is 1. The molecule has 0 aliphatic heterocycles. The van der Waals surface area contributed by atoms with Crippen molar-refractivity contribution >= 4 is 5.91 Å². The van der Waals surface area contributed by atoms with E-state index in [0.717, 1.165) is 24.1 Å². The van der Waals surface area contributed by atoms with E-state index in [-0.39, 0.29) is 5.91 Å². The average Bonchev–Trinajstić information content (AvgIpc) is 3.25. The number of aromatic nitrogens is 1. The molecule has 1 fully saturated rings. The minimum atomic E-state index is -0.624. The van der Waals surface area contributed by atoms with Gasteiger partial charge < -0.3 is 14.5 Å². The third-order valence-electron chi connectivity index (χ3n) is 4.00. The summed E-state index contributed by atoms with van der Waals surface area (Å²) in [5.74, 6) is 0.438. The van der Waals surface area contributed by atoms with Crippen LogP contribution in [0.15, 0.2) is 41.1 Å². The lowest BCUT2D eigenvalue weighted by Gasteiger charge is -2.30. The van der Waals surface area contributed by atoms with Crippen LogP contribution in [0.4, 0.5) is 0 Å². The second-order valence-corrected chi connectivity index (χ2v) is 5.93. The Morgan fingerprint density at radius 1 is 1.41 bits per heavy atom. The Kier molecular flexibility index (Phi) is 3.98. The number of carbonyl (C=O) groups is 1. The van der Waals surface area contributed by atoms with Crippen molar-refractivity contribution in [3.63, 3.8) is 0 Å². The maximum atomic E-state index is 12.6. The van der Waals surface area contributed by atoms with Crippen LogP contribution >= 0.6 is 0 Å². The Labute approximate surface area is 129 Å². The van der Waals surface area contributed by atoms with Crippen molar-refractivity contribution in [2.75, 3.05) is 13.7 Å². The van der Waals surface area contributed by atoms with E-state index in [1.807, 2.05) is 37.3 Å². The molecule has 1 atom stereocenters. The zero-order chi connectivity index (χ0) is 15.6. The Morgan fingerprint density at radius 3 is 2.77 bits per heavy atom. The van der Waals surface area contributed by atoms with Crippen LogP contribution in [-0.2, 0) is 10.3 Å². The molecule has 1 N–H and O–H groups in total. The van der Waals surface area contributed by atoms with Gasteiger partial charge >= 0.3 is 0 Å². The van der Waals surface area contributed by atoms with Crippen LogP contribution in [-0.4, -0.2) is 24.6 Å². The number of carbonyl (C=O) groups excluding carboxylic acids is 1. The molecule has 0 bridgehead atoms. The number of hydrogen-bond acceptors (Lipinski definition) is 4. The molecule has 116 valence electrons. The van der Waals surface area contributed by atoms with Crippen molar-refractivity contribution in [1.29, 1.82) is 0 Å². The number of oxazole rings is 1. The molecule has 1 aromatic heterocycles. The van der Waals surface area contributed by atoms with Gasteiger partial charge in [-0.25, -0.2) is 4.98 Å². The average molecular weight is 300 g/mol. The van der Waals surface area contributed by atoms with Gasteiger partial charge in [0.05, 0.1) is 17.8 Å². The van der Waals surface area contributed by atoms with Gasteiger partial charge in [-0.15, -0.1) is 0 Å². The highest BCUT2D eigenvalue weighted by atomic mass is 16.5. The first-order valence-corrected chi connectivity index (χ1v) is 7.44. The highest BCUT2D eigenvalue weighted by Gasteiger charge is 2.35. The lowest BCUT2D eigenvalue weighted by Crippen LogP contribution is -2.47. The van der Waals surface area contributed by atoms with Crippen molar-refractivity contribution in [3.05, 3.63) is 53.7 Å². The van der Waals surface area contributed by atoms with Crippen molar-refractivity contribution < 1.29 is 13.9 Å². The molecular formula is C17H20N2O3. The minimum absolute atomic E-state index is 0.247. The summed E-state index contributed by atoms with van der Waals surface area (Å²) in [6.07, 6.45) is 3.49. The van der Waals surface area contributed by atoms with Crippen LogP contribution in [0.25, 0.3) is 0 Å². The highest BCUT2D eigenvalue weighted by molar-refractivity contribution is 5.93. The van der Waals surface area contributed by atoms with E-state index in [1.165, 1.54) is 6.39 Å². The SMILES string of the molecule is COCC(C)(NC(=O)c1ocnc1C1CC1)c1ccccc1. The monoisotopic (exact) mass is 300 g/mol. The van der Waals surface area contributed by atoms with Crippen LogP contribution in [0, 0.1) is 0 Å². The van der Waals surface area contributed by atoms with E-state index in [1.54, 1.807) is 7.11 Å². The molecule has 0 radical (unpaired) electrons. The van der Waals surface area contributed by atoms with Gasteiger partial charge in [-0.05, 0) is 25.3 Å². The van der Waals surface area contributed by atoms with Gasteiger partial charge in [0.15, 0.2) is 6.39 Å². The van der Waals surface area contributed by atoms with E-state index >= 15 is 0 Å². The second-order valence-electron chi connectivity index (χ2n) is 5.93. The van der Waals surface area contributed by atoms with E-state index in [2.05, 4.69) is 10.3 Å². The number of hydrogen-bond donors (Lipinski definition) is 1. The Bertz CT molecular complexity index is 649. The molecule has 1 aliphatic carbocycles. The van der Waals surface area contributed by atoms with Gasteiger partial charge in [-0.3, -0.25) is 4.79 Å². The molecule has 2 aromatic rings. The first kappa shape index (κ1) is 14.8. The number of benzene rings is 1.